The van der Waals surface area contributed by atoms with E-state index in [1.807, 2.05) is 0 Å². The molecule has 2 rings (SSSR count). The number of nitrogens with zero attached hydrogens (tertiary/aromatic N) is 3. The van der Waals surface area contributed by atoms with E-state index in [1.165, 1.54) is 12.8 Å². The molecule has 0 aliphatic heterocycles. The molecule has 0 spiro atoms. The van der Waals surface area contributed by atoms with Crippen molar-refractivity contribution in [1.29, 1.82) is 0 Å². The van der Waals surface area contributed by atoms with Crippen molar-refractivity contribution in [3.8, 4) is 5.75 Å². The summed E-state index contributed by atoms with van der Waals surface area (Å²) >= 11 is 0. The Bertz CT molecular complexity index is 670. The first-order valence-electron chi connectivity index (χ1n) is 7.93. The van der Waals surface area contributed by atoms with Crippen molar-refractivity contribution in [2.75, 3.05) is 32.9 Å². The van der Waals surface area contributed by atoms with Gasteiger partial charge in [0.1, 0.15) is 5.75 Å². The number of sulfonamides is 1. The van der Waals surface area contributed by atoms with E-state index in [4.69, 9.17) is 15.0 Å². The van der Waals surface area contributed by atoms with Crippen molar-refractivity contribution < 1.29 is 17.9 Å². The predicted octanol–water partition coefficient (Wildman–Crippen LogP) is 2.47. The number of hydrogen-bond acceptors (Lipinski definition) is 5. The molecule has 0 aromatic heterocycles. The zero-order chi connectivity index (χ0) is 17.3. The maximum absolute atomic E-state index is 12.2. The predicted molar refractivity (Wildman–Crippen MR) is 89.3 cm³/mol. The molecule has 1 aliphatic rings. The Morgan fingerprint density at radius 1 is 1.33 bits per heavy atom. The summed E-state index contributed by atoms with van der Waals surface area (Å²) in [5.41, 5.74) is 8.11. The number of nitrogens with one attached hydrogen (secondary N) is 1. The Balaban J connectivity index is 1.73. The van der Waals surface area contributed by atoms with Crippen molar-refractivity contribution in [3.63, 3.8) is 0 Å². The summed E-state index contributed by atoms with van der Waals surface area (Å²) in [6.07, 6.45) is 2.91. The topological polar surface area (TPSA) is 113 Å². The van der Waals surface area contributed by atoms with Crippen LogP contribution >= 0.6 is 0 Å². The average Bonchev–Trinajstić information content (AvgIpc) is 3.40. The lowest BCUT2D eigenvalue weighted by Gasteiger charge is -2.09. The van der Waals surface area contributed by atoms with Gasteiger partial charge in [-0.2, -0.15) is 0 Å². The normalized spacial score (nSPS) is 14.2. The van der Waals surface area contributed by atoms with Crippen molar-refractivity contribution in [2.24, 2.45) is 11.0 Å². The van der Waals surface area contributed by atoms with E-state index in [2.05, 4.69) is 14.7 Å². The van der Waals surface area contributed by atoms with E-state index in [1.54, 1.807) is 24.3 Å². The zero-order valence-electron chi connectivity index (χ0n) is 13.4. The van der Waals surface area contributed by atoms with E-state index < -0.39 is 10.0 Å². The summed E-state index contributed by atoms with van der Waals surface area (Å²) in [6, 6.07) is 6.53. The fraction of sp³-hybridized carbons (Fsp3) is 0.600. The number of rotatable bonds is 12. The maximum Gasteiger partial charge on any atom is 0.240 e. The lowest BCUT2D eigenvalue weighted by molar-refractivity contribution is 0.140. The summed E-state index contributed by atoms with van der Waals surface area (Å²) < 4.78 is 37.9. The summed E-state index contributed by atoms with van der Waals surface area (Å²) in [4.78, 5) is 2.81. The van der Waals surface area contributed by atoms with Crippen LogP contribution in [0.2, 0.25) is 0 Å². The molecule has 0 unspecified atom stereocenters. The number of ether oxygens (including phenoxy) is 2. The highest BCUT2D eigenvalue weighted by atomic mass is 32.2. The molecule has 0 bridgehead atoms. The molecule has 9 heteroatoms. The highest BCUT2D eigenvalue weighted by Crippen LogP contribution is 2.29. The van der Waals surface area contributed by atoms with E-state index in [0.29, 0.717) is 37.9 Å². The van der Waals surface area contributed by atoms with Crippen molar-refractivity contribution in [1.82, 2.24) is 4.72 Å². The molecule has 1 saturated carbocycles. The molecule has 1 fully saturated rings. The van der Waals surface area contributed by atoms with E-state index in [9.17, 15) is 8.42 Å². The maximum atomic E-state index is 12.2. The smallest absolute Gasteiger partial charge is 0.240 e. The number of azide groups is 1. The summed E-state index contributed by atoms with van der Waals surface area (Å²) in [7, 11) is -3.56. The van der Waals surface area contributed by atoms with Crippen LogP contribution in [-0.4, -0.2) is 41.3 Å². The van der Waals surface area contributed by atoms with Crippen LogP contribution in [0.4, 0.5) is 0 Å². The largest absolute Gasteiger partial charge is 0.493 e. The minimum atomic E-state index is -3.56. The van der Waals surface area contributed by atoms with Gasteiger partial charge >= 0.3 is 0 Å². The van der Waals surface area contributed by atoms with Gasteiger partial charge in [-0.3, -0.25) is 0 Å². The minimum absolute atomic E-state index is 0.195. The lowest BCUT2D eigenvalue weighted by Crippen LogP contribution is -2.25. The van der Waals surface area contributed by atoms with Crippen LogP contribution in [0.3, 0.4) is 0 Å². The molecule has 1 aromatic rings. The lowest BCUT2D eigenvalue weighted by atomic mass is 10.3. The van der Waals surface area contributed by atoms with Crippen LogP contribution in [0.5, 0.6) is 5.75 Å². The summed E-state index contributed by atoms with van der Waals surface area (Å²) in [6.45, 7) is 1.92. The molecule has 132 valence electrons. The second-order valence-corrected chi connectivity index (χ2v) is 7.31. The monoisotopic (exact) mass is 354 g/mol. The fourth-order valence-electron chi connectivity index (χ4n) is 1.95. The Labute approximate surface area is 141 Å². The van der Waals surface area contributed by atoms with Crippen LogP contribution in [0.25, 0.3) is 10.4 Å². The van der Waals surface area contributed by atoms with E-state index in [0.717, 1.165) is 0 Å². The van der Waals surface area contributed by atoms with Crippen molar-refractivity contribution in [2.45, 2.75) is 24.2 Å². The SMILES string of the molecule is [N-]=[N+]=NCCOCCCNS(=O)(=O)c1cccc(OCC2CC2)c1. The molecule has 0 amide bonds. The molecule has 1 aromatic carbocycles. The third kappa shape index (κ3) is 6.76. The van der Waals surface area contributed by atoms with E-state index in [-0.39, 0.29) is 18.0 Å². The molecule has 24 heavy (non-hydrogen) atoms. The Hall–Kier alpha value is -1.80. The Morgan fingerprint density at radius 2 is 2.17 bits per heavy atom. The molecule has 0 saturated heterocycles. The number of hydrogen-bond donors (Lipinski definition) is 1. The Kier molecular flexibility index (Phi) is 7.33. The summed E-state index contributed by atoms with van der Waals surface area (Å²) in [5, 5.41) is 3.34. The zero-order valence-corrected chi connectivity index (χ0v) is 14.2. The minimum Gasteiger partial charge on any atom is -0.493 e. The van der Waals surface area contributed by atoms with Gasteiger partial charge in [-0.05, 0) is 42.8 Å². The Morgan fingerprint density at radius 3 is 2.92 bits per heavy atom. The molecule has 1 aliphatic carbocycles. The molecular weight excluding hydrogens is 332 g/mol. The van der Waals surface area contributed by atoms with Crippen molar-refractivity contribution in [3.05, 3.63) is 34.7 Å². The van der Waals surface area contributed by atoms with Crippen LogP contribution in [0, 0.1) is 5.92 Å². The summed E-state index contributed by atoms with van der Waals surface area (Å²) in [5.74, 6) is 1.19. The first kappa shape index (κ1) is 18.5. The highest BCUT2D eigenvalue weighted by molar-refractivity contribution is 7.89. The fourth-order valence-corrected chi connectivity index (χ4v) is 3.05. The first-order valence-corrected chi connectivity index (χ1v) is 9.41. The van der Waals surface area contributed by atoms with Crippen molar-refractivity contribution >= 4 is 10.0 Å². The highest BCUT2D eigenvalue weighted by Gasteiger charge is 2.22. The van der Waals surface area contributed by atoms with Crippen LogP contribution in [-0.2, 0) is 14.8 Å². The van der Waals surface area contributed by atoms with Gasteiger partial charge in [0.2, 0.25) is 10.0 Å². The van der Waals surface area contributed by atoms with Gasteiger partial charge in [0.15, 0.2) is 0 Å². The van der Waals surface area contributed by atoms with Gasteiger partial charge in [0, 0.05) is 30.7 Å². The van der Waals surface area contributed by atoms with E-state index >= 15 is 0 Å². The van der Waals surface area contributed by atoms with Gasteiger partial charge < -0.3 is 9.47 Å². The molecule has 0 radical (unpaired) electrons. The third-order valence-electron chi connectivity index (χ3n) is 3.45. The van der Waals surface area contributed by atoms with Gasteiger partial charge in [0.05, 0.1) is 18.1 Å². The average molecular weight is 354 g/mol. The van der Waals surface area contributed by atoms with Crippen LogP contribution < -0.4 is 9.46 Å². The van der Waals surface area contributed by atoms with Crippen LogP contribution in [0.1, 0.15) is 19.3 Å². The molecule has 8 nitrogen and oxygen atoms in total. The quantitative estimate of drug-likeness (QED) is 0.269. The standard InChI is InChI=1S/C15H22N4O4S/c16-19-17-8-10-22-9-2-7-18-24(20,21)15-4-1-3-14(11-15)23-12-13-5-6-13/h1,3-4,11,13,18H,2,5-10,12H2. The van der Waals surface area contributed by atoms with Gasteiger partial charge in [-0.1, -0.05) is 11.2 Å². The first-order chi connectivity index (χ1) is 11.6. The molecule has 0 atom stereocenters. The second-order valence-electron chi connectivity index (χ2n) is 5.55. The third-order valence-corrected chi connectivity index (χ3v) is 4.91. The van der Waals surface area contributed by atoms with Gasteiger partial charge in [-0.25, -0.2) is 13.1 Å². The van der Waals surface area contributed by atoms with Crippen LogP contribution in [0.15, 0.2) is 34.3 Å². The number of benzene rings is 1. The van der Waals surface area contributed by atoms with Gasteiger partial charge in [-0.15, -0.1) is 0 Å². The molecule has 1 N–H and O–H groups in total. The molecular formula is C15H22N4O4S. The van der Waals surface area contributed by atoms with Gasteiger partial charge in [0.25, 0.3) is 0 Å². The molecule has 0 heterocycles. The second kappa shape index (κ2) is 9.48.